The van der Waals surface area contributed by atoms with Crippen molar-refractivity contribution < 1.29 is 19.5 Å². The summed E-state index contributed by atoms with van der Waals surface area (Å²) in [5.41, 5.74) is -0.647. The molecule has 102 valence electrons. The van der Waals surface area contributed by atoms with Gasteiger partial charge in [-0.3, -0.25) is 9.63 Å². The van der Waals surface area contributed by atoms with Gasteiger partial charge in [-0.1, -0.05) is 0 Å². The number of carbonyl (C=O) groups excluding carboxylic acids is 1. The largest absolute Gasteiger partial charge is 0.465 e. The van der Waals surface area contributed by atoms with Crippen LogP contribution in [0.4, 0.5) is 4.79 Å². The SMILES string of the molecule is CON(C)C(=O)C12CCC(NC(=O)O)(CC1)CC2. The van der Waals surface area contributed by atoms with Gasteiger partial charge < -0.3 is 10.4 Å². The van der Waals surface area contributed by atoms with E-state index in [4.69, 9.17) is 9.94 Å². The molecule has 0 aromatic carbocycles. The molecule has 0 aromatic rings. The summed E-state index contributed by atoms with van der Waals surface area (Å²) in [5, 5.41) is 12.8. The minimum Gasteiger partial charge on any atom is -0.465 e. The van der Waals surface area contributed by atoms with E-state index >= 15 is 0 Å². The Kier molecular flexibility index (Phi) is 3.23. The summed E-state index contributed by atoms with van der Waals surface area (Å²) in [6.07, 6.45) is 3.46. The highest BCUT2D eigenvalue weighted by atomic mass is 16.7. The van der Waals surface area contributed by atoms with E-state index in [1.165, 1.54) is 12.2 Å². The van der Waals surface area contributed by atoms with Gasteiger partial charge in [0.1, 0.15) is 0 Å². The summed E-state index contributed by atoms with van der Waals surface area (Å²) >= 11 is 0. The smallest absolute Gasteiger partial charge is 0.405 e. The minimum atomic E-state index is -0.968. The van der Waals surface area contributed by atoms with E-state index in [0.29, 0.717) is 0 Å². The quantitative estimate of drug-likeness (QED) is 0.747. The van der Waals surface area contributed by atoms with Crippen LogP contribution in [-0.4, -0.2) is 41.9 Å². The lowest BCUT2D eigenvalue weighted by Crippen LogP contribution is -2.59. The molecule has 0 aliphatic heterocycles. The number of amides is 2. The number of hydrogen-bond acceptors (Lipinski definition) is 3. The Bertz CT molecular complexity index is 345. The second kappa shape index (κ2) is 4.42. The molecule has 0 spiro atoms. The summed E-state index contributed by atoms with van der Waals surface area (Å²) in [4.78, 5) is 28.1. The Morgan fingerprint density at radius 1 is 1.17 bits per heavy atom. The molecule has 2 N–H and O–H groups in total. The number of carbonyl (C=O) groups is 2. The Labute approximate surface area is 106 Å². The van der Waals surface area contributed by atoms with Crippen LogP contribution in [0.25, 0.3) is 0 Å². The summed E-state index contributed by atoms with van der Waals surface area (Å²) in [6, 6.07) is 0. The maximum Gasteiger partial charge on any atom is 0.405 e. The van der Waals surface area contributed by atoms with Gasteiger partial charge in [0.2, 0.25) is 0 Å². The van der Waals surface area contributed by atoms with Gasteiger partial charge in [-0.15, -0.1) is 0 Å². The predicted octanol–water partition coefficient (Wildman–Crippen LogP) is 1.37. The fourth-order valence-corrected chi connectivity index (χ4v) is 3.34. The van der Waals surface area contributed by atoms with Crippen molar-refractivity contribution in [3.05, 3.63) is 0 Å². The fraction of sp³-hybridized carbons (Fsp3) is 0.833. The summed E-state index contributed by atoms with van der Waals surface area (Å²) < 4.78 is 0. The van der Waals surface area contributed by atoms with Crippen LogP contribution in [0.2, 0.25) is 0 Å². The Balaban J connectivity index is 2.07. The topological polar surface area (TPSA) is 78.9 Å². The average Bonchev–Trinajstić information content (AvgIpc) is 2.38. The van der Waals surface area contributed by atoms with Crippen molar-refractivity contribution >= 4 is 12.0 Å². The van der Waals surface area contributed by atoms with Gasteiger partial charge in [-0.25, -0.2) is 9.86 Å². The van der Waals surface area contributed by atoms with Crippen molar-refractivity contribution in [1.29, 1.82) is 0 Å². The van der Waals surface area contributed by atoms with Crippen molar-refractivity contribution in [1.82, 2.24) is 10.4 Å². The lowest BCUT2D eigenvalue weighted by molar-refractivity contribution is -0.187. The molecule has 3 aliphatic carbocycles. The van der Waals surface area contributed by atoms with Crippen LogP contribution in [-0.2, 0) is 9.63 Å². The Morgan fingerprint density at radius 3 is 2.06 bits per heavy atom. The minimum absolute atomic E-state index is 0.0219. The number of nitrogens with zero attached hydrogens (tertiary/aromatic N) is 1. The molecule has 3 fully saturated rings. The molecule has 0 unspecified atom stereocenters. The van der Waals surface area contributed by atoms with Gasteiger partial charge in [0.15, 0.2) is 0 Å². The molecule has 0 aromatic heterocycles. The zero-order valence-electron chi connectivity index (χ0n) is 10.9. The summed E-state index contributed by atoms with van der Waals surface area (Å²) in [7, 11) is 3.11. The third-order valence-corrected chi connectivity index (χ3v) is 4.63. The zero-order valence-corrected chi connectivity index (χ0v) is 10.9. The molecular formula is C12H20N2O4. The normalized spacial score (nSPS) is 34.1. The Morgan fingerprint density at radius 2 is 1.67 bits per heavy atom. The lowest BCUT2D eigenvalue weighted by Gasteiger charge is -2.52. The monoisotopic (exact) mass is 256 g/mol. The molecule has 3 rings (SSSR count). The average molecular weight is 256 g/mol. The number of hydrogen-bond donors (Lipinski definition) is 2. The molecule has 0 heterocycles. The fourth-order valence-electron chi connectivity index (χ4n) is 3.34. The first-order valence-corrected chi connectivity index (χ1v) is 6.26. The molecule has 3 aliphatic rings. The van der Waals surface area contributed by atoms with Crippen molar-refractivity contribution in [3.8, 4) is 0 Å². The van der Waals surface area contributed by atoms with Gasteiger partial charge in [-0.05, 0) is 38.5 Å². The van der Waals surface area contributed by atoms with Gasteiger partial charge in [0.05, 0.1) is 12.5 Å². The highest BCUT2D eigenvalue weighted by molar-refractivity contribution is 5.82. The van der Waals surface area contributed by atoms with E-state index in [2.05, 4.69) is 5.32 Å². The standard InChI is InChI=1S/C12H20N2O4/c1-14(18-2)9(15)11-3-6-12(7-4-11,8-5-11)13-10(16)17/h13H,3-8H2,1-2H3,(H,16,17). The number of hydroxylamine groups is 2. The predicted molar refractivity (Wildman–Crippen MR) is 63.8 cm³/mol. The van der Waals surface area contributed by atoms with E-state index in [0.717, 1.165) is 38.5 Å². The first-order chi connectivity index (χ1) is 8.43. The van der Waals surface area contributed by atoms with Gasteiger partial charge in [-0.2, -0.15) is 0 Å². The number of rotatable bonds is 3. The van der Waals surface area contributed by atoms with Crippen LogP contribution in [0, 0.1) is 5.41 Å². The van der Waals surface area contributed by atoms with E-state index in [9.17, 15) is 9.59 Å². The molecule has 0 radical (unpaired) electrons. The highest BCUT2D eigenvalue weighted by Crippen LogP contribution is 2.53. The van der Waals surface area contributed by atoms with Crippen LogP contribution in [0.3, 0.4) is 0 Å². The Hall–Kier alpha value is -1.30. The molecule has 0 saturated heterocycles. The molecular weight excluding hydrogens is 236 g/mol. The van der Waals surface area contributed by atoms with E-state index < -0.39 is 6.09 Å². The first-order valence-electron chi connectivity index (χ1n) is 6.26. The molecule has 2 bridgehead atoms. The van der Waals surface area contributed by atoms with Crippen molar-refractivity contribution in [3.63, 3.8) is 0 Å². The van der Waals surface area contributed by atoms with Crippen molar-refractivity contribution in [2.45, 2.75) is 44.1 Å². The van der Waals surface area contributed by atoms with Crippen LogP contribution >= 0.6 is 0 Å². The highest BCUT2D eigenvalue weighted by Gasteiger charge is 2.53. The molecule has 2 amide bonds. The molecule has 0 atom stereocenters. The van der Waals surface area contributed by atoms with Crippen LogP contribution < -0.4 is 5.32 Å². The van der Waals surface area contributed by atoms with Gasteiger partial charge >= 0.3 is 6.09 Å². The van der Waals surface area contributed by atoms with Crippen LogP contribution in [0.15, 0.2) is 0 Å². The van der Waals surface area contributed by atoms with E-state index in [1.54, 1.807) is 7.05 Å². The first kappa shape index (κ1) is 13.1. The van der Waals surface area contributed by atoms with Crippen molar-refractivity contribution in [2.75, 3.05) is 14.2 Å². The van der Waals surface area contributed by atoms with Crippen LogP contribution in [0.5, 0.6) is 0 Å². The maximum atomic E-state index is 12.3. The van der Waals surface area contributed by atoms with E-state index in [-0.39, 0.29) is 16.9 Å². The number of fused-ring (bicyclic) bond motifs is 3. The molecule has 6 heteroatoms. The second-order valence-electron chi connectivity index (χ2n) is 5.48. The van der Waals surface area contributed by atoms with E-state index in [1.807, 2.05) is 0 Å². The molecule has 3 saturated carbocycles. The number of carboxylic acid groups (broad SMARTS) is 1. The third kappa shape index (κ3) is 2.05. The zero-order chi connectivity index (χ0) is 13.4. The van der Waals surface area contributed by atoms with Crippen LogP contribution in [0.1, 0.15) is 38.5 Å². The number of nitrogens with one attached hydrogen (secondary N) is 1. The lowest BCUT2D eigenvalue weighted by atomic mass is 9.57. The molecule has 18 heavy (non-hydrogen) atoms. The summed E-state index contributed by atoms with van der Waals surface area (Å²) in [6.45, 7) is 0. The second-order valence-corrected chi connectivity index (χ2v) is 5.48. The van der Waals surface area contributed by atoms with Crippen molar-refractivity contribution in [2.24, 2.45) is 5.41 Å². The maximum absolute atomic E-state index is 12.3. The molecule has 6 nitrogen and oxygen atoms in total. The van der Waals surface area contributed by atoms with Gasteiger partial charge in [0.25, 0.3) is 5.91 Å². The summed E-state index contributed by atoms with van der Waals surface area (Å²) in [5.74, 6) is 0.0219. The third-order valence-electron chi connectivity index (χ3n) is 4.63. The van der Waals surface area contributed by atoms with Gasteiger partial charge in [0, 0.05) is 12.6 Å².